The first-order valence-corrected chi connectivity index (χ1v) is 20.8. The van der Waals surface area contributed by atoms with Crippen LogP contribution in [0.2, 0.25) is 0 Å². The minimum atomic E-state index is -0.146. The Morgan fingerprint density at radius 3 is 1.94 bits per heavy atom. The Kier molecular flexibility index (Phi) is 7.48. The van der Waals surface area contributed by atoms with Gasteiger partial charge in [-0.25, -0.2) is 0 Å². The second-order valence-electron chi connectivity index (χ2n) is 17.6. The molecule has 11 rings (SSSR count). The number of fused-ring (bicyclic) bond motifs is 8. The van der Waals surface area contributed by atoms with Gasteiger partial charge < -0.3 is 9.47 Å². The zero-order chi connectivity index (χ0) is 36.0. The summed E-state index contributed by atoms with van der Waals surface area (Å²) in [6, 6.07) is 51.3. The lowest BCUT2D eigenvalue weighted by molar-refractivity contribution is 0.420. The van der Waals surface area contributed by atoms with E-state index in [1.54, 1.807) is 5.56 Å². The largest absolute Gasteiger partial charge is 0.310 e. The third kappa shape index (κ3) is 5.05. The second kappa shape index (κ2) is 12.5. The molecule has 3 saturated carbocycles. The van der Waals surface area contributed by atoms with Gasteiger partial charge in [0.05, 0.1) is 11.0 Å². The minimum absolute atomic E-state index is 0.146. The van der Waals surface area contributed by atoms with Crippen molar-refractivity contribution in [2.24, 2.45) is 11.8 Å². The fraction of sp³-hybridized carbons (Fsp3) is 0.308. The van der Waals surface area contributed by atoms with E-state index in [1.165, 1.54) is 130 Å². The lowest BCUT2D eigenvalue weighted by Crippen LogP contribution is -2.17. The van der Waals surface area contributed by atoms with Gasteiger partial charge in [0, 0.05) is 38.9 Å². The smallest absolute Gasteiger partial charge is 0.0547 e. The summed E-state index contributed by atoms with van der Waals surface area (Å²) < 4.78 is 2.45. The molecule has 2 nitrogen and oxygen atoms in total. The number of benzene rings is 6. The van der Waals surface area contributed by atoms with Crippen molar-refractivity contribution in [3.63, 3.8) is 0 Å². The van der Waals surface area contributed by atoms with E-state index < -0.39 is 0 Å². The van der Waals surface area contributed by atoms with E-state index in [1.807, 2.05) is 0 Å². The van der Waals surface area contributed by atoms with Gasteiger partial charge in [-0.15, -0.1) is 0 Å². The number of nitrogens with zero attached hydrogens (tertiary/aromatic N) is 2. The van der Waals surface area contributed by atoms with E-state index in [9.17, 15) is 0 Å². The van der Waals surface area contributed by atoms with Gasteiger partial charge in [-0.1, -0.05) is 106 Å². The normalized spacial score (nSPS) is 21.5. The van der Waals surface area contributed by atoms with Gasteiger partial charge in [0.25, 0.3) is 0 Å². The molecule has 2 bridgehead atoms. The Balaban J connectivity index is 1.03. The highest BCUT2D eigenvalue weighted by Crippen LogP contribution is 2.55. The summed E-state index contributed by atoms with van der Waals surface area (Å²) in [6.07, 6.45) is 12.5. The van der Waals surface area contributed by atoms with E-state index >= 15 is 0 Å². The monoisotopic (exact) mass is 702 g/mol. The zero-order valence-electron chi connectivity index (χ0n) is 31.8. The molecule has 7 aromatic rings. The molecule has 3 fully saturated rings. The van der Waals surface area contributed by atoms with Gasteiger partial charge in [0.2, 0.25) is 0 Å². The quantitative estimate of drug-likeness (QED) is 0.167. The fourth-order valence-electron chi connectivity index (χ4n) is 11.5. The van der Waals surface area contributed by atoms with E-state index in [0.29, 0.717) is 5.92 Å². The van der Waals surface area contributed by atoms with Crippen LogP contribution in [0.5, 0.6) is 0 Å². The molecule has 0 saturated heterocycles. The van der Waals surface area contributed by atoms with Gasteiger partial charge in [-0.3, -0.25) is 0 Å². The number of para-hydroxylation sites is 2. The number of hydrogen-bond acceptors (Lipinski definition) is 1. The highest BCUT2D eigenvalue weighted by atomic mass is 15.1. The highest BCUT2D eigenvalue weighted by molar-refractivity contribution is 6.11. The molecule has 1 aromatic heterocycles. The predicted molar refractivity (Wildman–Crippen MR) is 227 cm³/mol. The molecule has 0 aliphatic heterocycles. The average Bonchev–Trinajstić information content (AvgIpc) is 3.99. The molecule has 0 N–H and O–H groups in total. The fourth-order valence-corrected chi connectivity index (χ4v) is 11.5. The maximum atomic E-state index is 2.52. The van der Waals surface area contributed by atoms with Crippen LogP contribution in [0, 0.1) is 11.8 Å². The Morgan fingerprint density at radius 1 is 0.537 bits per heavy atom. The Hall–Kier alpha value is -5.08. The lowest BCUT2D eigenvalue weighted by Gasteiger charge is -2.29. The van der Waals surface area contributed by atoms with Crippen molar-refractivity contribution in [2.45, 2.75) is 88.9 Å². The first-order chi connectivity index (χ1) is 26.5. The molecule has 0 spiro atoms. The van der Waals surface area contributed by atoms with Crippen LogP contribution in [0.4, 0.5) is 17.1 Å². The van der Waals surface area contributed by atoms with Crippen molar-refractivity contribution in [1.29, 1.82) is 0 Å². The number of aromatic nitrogens is 1. The lowest BCUT2D eigenvalue weighted by atomic mass is 9.81. The molecular formula is C52H50N2. The summed E-state index contributed by atoms with van der Waals surface area (Å²) in [7, 11) is 0. The minimum Gasteiger partial charge on any atom is -0.310 e. The summed E-state index contributed by atoms with van der Waals surface area (Å²) in [5.41, 5.74) is 15.9. The molecule has 4 aliphatic carbocycles. The van der Waals surface area contributed by atoms with Crippen molar-refractivity contribution in [3.05, 3.63) is 156 Å². The van der Waals surface area contributed by atoms with E-state index in [2.05, 4.69) is 157 Å². The van der Waals surface area contributed by atoms with Gasteiger partial charge in [-0.2, -0.15) is 0 Å². The third-order valence-corrected chi connectivity index (χ3v) is 14.3. The van der Waals surface area contributed by atoms with Crippen LogP contribution >= 0.6 is 0 Å². The van der Waals surface area contributed by atoms with Crippen LogP contribution in [0.3, 0.4) is 0 Å². The van der Waals surface area contributed by atoms with Crippen LogP contribution in [0.15, 0.2) is 133 Å². The Morgan fingerprint density at radius 2 is 1.22 bits per heavy atom. The van der Waals surface area contributed by atoms with E-state index in [4.69, 9.17) is 0 Å². The third-order valence-electron chi connectivity index (χ3n) is 14.3. The van der Waals surface area contributed by atoms with Crippen molar-refractivity contribution < 1.29 is 0 Å². The summed E-state index contributed by atoms with van der Waals surface area (Å²) in [4.78, 5) is 2.52. The molecular weight excluding hydrogens is 653 g/mol. The van der Waals surface area contributed by atoms with Crippen molar-refractivity contribution in [2.75, 3.05) is 4.90 Å². The predicted octanol–water partition coefficient (Wildman–Crippen LogP) is 14.5. The van der Waals surface area contributed by atoms with E-state index in [0.717, 1.165) is 17.8 Å². The van der Waals surface area contributed by atoms with Crippen LogP contribution in [-0.4, -0.2) is 4.57 Å². The second-order valence-corrected chi connectivity index (χ2v) is 17.6. The van der Waals surface area contributed by atoms with Gasteiger partial charge >= 0.3 is 0 Å². The molecule has 54 heavy (non-hydrogen) atoms. The van der Waals surface area contributed by atoms with Crippen LogP contribution < -0.4 is 4.90 Å². The number of rotatable bonds is 6. The molecule has 0 amide bonds. The topological polar surface area (TPSA) is 8.17 Å². The maximum Gasteiger partial charge on any atom is 0.0547 e. The molecule has 6 aromatic carbocycles. The SMILES string of the molecule is CC1(C)c2cc(N(c3ccc(C4CCCCC4)cc3)c3ccc(C4CC5CCC4C5)cc3)ccc2-c2cc3c(cc21)c1ccccc1n3-c1ccccc1. The van der Waals surface area contributed by atoms with Gasteiger partial charge in [-0.05, 0) is 156 Å². The molecule has 4 aliphatic rings. The van der Waals surface area contributed by atoms with Crippen molar-refractivity contribution in [3.8, 4) is 16.8 Å². The first-order valence-electron chi connectivity index (χ1n) is 20.8. The summed E-state index contributed by atoms with van der Waals surface area (Å²) >= 11 is 0. The van der Waals surface area contributed by atoms with Gasteiger partial charge in [0.1, 0.15) is 0 Å². The Bertz CT molecular complexity index is 2510. The zero-order valence-corrected chi connectivity index (χ0v) is 31.8. The highest BCUT2D eigenvalue weighted by Gasteiger charge is 2.40. The molecule has 268 valence electrons. The molecule has 2 heteroatoms. The van der Waals surface area contributed by atoms with Crippen LogP contribution in [-0.2, 0) is 5.41 Å². The molecule has 0 radical (unpaired) electrons. The maximum absolute atomic E-state index is 2.52. The first kappa shape index (κ1) is 32.4. The summed E-state index contributed by atoms with van der Waals surface area (Å²) in [6.45, 7) is 4.86. The average molecular weight is 703 g/mol. The Labute approximate surface area is 320 Å². The van der Waals surface area contributed by atoms with E-state index in [-0.39, 0.29) is 5.41 Å². The van der Waals surface area contributed by atoms with Crippen LogP contribution in [0.25, 0.3) is 38.6 Å². The molecule has 3 atom stereocenters. The van der Waals surface area contributed by atoms with Crippen molar-refractivity contribution >= 4 is 38.9 Å². The van der Waals surface area contributed by atoms with Crippen molar-refractivity contribution in [1.82, 2.24) is 4.57 Å². The number of anilines is 3. The summed E-state index contributed by atoms with van der Waals surface area (Å²) in [5, 5.41) is 2.63. The molecule has 3 unspecified atom stereocenters. The standard InChI is InChI=1S/C52H50N2/c1-52(2)48-31-42(27-28-43(48)46-33-51-47(32-49(46)52)44-15-9-10-16-50(44)54(51)39-13-7-4-8-14-39)53(40-23-19-36(20-24-40)35-11-5-3-6-12-35)41-25-21-37(22-26-41)45-30-34-17-18-38(45)29-34/h4,7-10,13-16,19-28,31-35,38,45H,3,5-6,11-12,17-18,29-30H2,1-2H3. The van der Waals surface area contributed by atoms with Crippen LogP contribution in [0.1, 0.15) is 106 Å². The molecule has 1 heterocycles. The summed E-state index contributed by atoms with van der Waals surface area (Å²) in [5.74, 6) is 3.29. The number of hydrogen-bond donors (Lipinski definition) is 0. The van der Waals surface area contributed by atoms with Gasteiger partial charge in [0.15, 0.2) is 0 Å².